The molecular weight excluding hydrogens is 524 g/mol. The Morgan fingerprint density at radius 2 is 1.54 bits per heavy atom. The lowest BCUT2D eigenvalue weighted by atomic mass is 9.92. The molecule has 0 saturated heterocycles. The van der Waals surface area contributed by atoms with Crippen LogP contribution in [0.2, 0.25) is 15.3 Å². The number of rotatable bonds is 7. The van der Waals surface area contributed by atoms with Crippen molar-refractivity contribution in [1.29, 1.82) is 0 Å². The van der Waals surface area contributed by atoms with Gasteiger partial charge in [0.2, 0.25) is 0 Å². The largest absolute Gasteiger partial charge is 0.416 e. The van der Waals surface area contributed by atoms with Crippen LogP contribution >= 0.6 is 34.8 Å². The standard InChI is InChI=1S/C24H18Cl3F3N4O/c25-20-9-2-16(3-10-20)1-4-17-11-21(26)34(22(17)27)13-23(35,12-33-15-31-14-32-33)18-5-7-19(8-6-18)24(28,29)30/h1-11,14-15,35H,12-13H2. The number of hydrogen-bond donors (Lipinski definition) is 1. The van der Waals surface area contributed by atoms with Gasteiger partial charge >= 0.3 is 6.18 Å². The summed E-state index contributed by atoms with van der Waals surface area (Å²) >= 11 is 19.0. The van der Waals surface area contributed by atoms with Crippen LogP contribution in [-0.2, 0) is 24.9 Å². The molecular formula is C24H18Cl3F3N4O. The van der Waals surface area contributed by atoms with E-state index in [1.54, 1.807) is 24.3 Å². The lowest BCUT2D eigenvalue weighted by molar-refractivity contribution is -0.137. The van der Waals surface area contributed by atoms with Crippen molar-refractivity contribution in [1.82, 2.24) is 19.3 Å². The first-order valence-corrected chi connectivity index (χ1v) is 11.4. The number of alkyl halides is 3. The summed E-state index contributed by atoms with van der Waals surface area (Å²) in [6.45, 7) is -0.246. The van der Waals surface area contributed by atoms with Crippen LogP contribution in [0, 0.1) is 0 Å². The van der Waals surface area contributed by atoms with Gasteiger partial charge in [0.05, 0.1) is 18.7 Å². The molecule has 0 radical (unpaired) electrons. The van der Waals surface area contributed by atoms with E-state index in [1.807, 2.05) is 18.2 Å². The Morgan fingerprint density at radius 1 is 0.886 bits per heavy atom. The van der Waals surface area contributed by atoms with Crippen molar-refractivity contribution in [2.45, 2.75) is 24.9 Å². The third kappa shape index (κ3) is 5.90. The molecule has 0 amide bonds. The molecule has 1 atom stereocenters. The number of hydrogen-bond acceptors (Lipinski definition) is 3. The summed E-state index contributed by atoms with van der Waals surface area (Å²) in [5, 5.41) is 16.8. The fraction of sp³-hybridized carbons (Fsp3) is 0.167. The Hall–Kier alpha value is -2.78. The van der Waals surface area contributed by atoms with Gasteiger partial charge in [-0.25, -0.2) is 9.67 Å². The maximum Gasteiger partial charge on any atom is 0.416 e. The van der Waals surface area contributed by atoms with Crippen molar-refractivity contribution >= 4 is 47.0 Å². The van der Waals surface area contributed by atoms with Crippen LogP contribution in [0.5, 0.6) is 0 Å². The summed E-state index contributed by atoms with van der Waals surface area (Å²) in [6.07, 6.45) is 1.79. The summed E-state index contributed by atoms with van der Waals surface area (Å²) < 4.78 is 42.0. The van der Waals surface area contributed by atoms with Gasteiger partial charge in [-0.3, -0.25) is 0 Å². The average molecular weight is 542 g/mol. The van der Waals surface area contributed by atoms with Crippen LogP contribution in [0.25, 0.3) is 12.2 Å². The van der Waals surface area contributed by atoms with Gasteiger partial charge in [0.1, 0.15) is 28.6 Å². The van der Waals surface area contributed by atoms with Crippen molar-refractivity contribution in [2.24, 2.45) is 0 Å². The predicted molar refractivity (Wildman–Crippen MR) is 130 cm³/mol. The van der Waals surface area contributed by atoms with E-state index in [0.717, 1.165) is 17.7 Å². The second-order valence-electron chi connectivity index (χ2n) is 7.88. The number of nitrogens with zero attached hydrogens (tertiary/aromatic N) is 4. The number of aliphatic hydroxyl groups is 1. The average Bonchev–Trinajstić information content (AvgIpc) is 3.41. The molecule has 0 aliphatic carbocycles. The normalized spacial score (nSPS) is 13.9. The first-order chi connectivity index (χ1) is 16.5. The van der Waals surface area contributed by atoms with E-state index in [0.29, 0.717) is 10.6 Å². The van der Waals surface area contributed by atoms with E-state index in [4.69, 9.17) is 34.8 Å². The Balaban J connectivity index is 1.67. The van der Waals surface area contributed by atoms with E-state index < -0.39 is 17.3 Å². The van der Waals surface area contributed by atoms with E-state index in [1.165, 1.54) is 34.0 Å². The molecule has 0 bridgehead atoms. The van der Waals surface area contributed by atoms with Crippen LogP contribution in [0.1, 0.15) is 22.3 Å². The smallest absolute Gasteiger partial charge is 0.381 e. The summed E-state index contributed by atoms with van der Waals surface area (Å²) in [7, 11) is 0. The molecule has 1 unspecified atom stereocenters. The molecule has 0 aliphatic rings. The van der Waals surface area contributed by atoms with E-state index >= 15 is 0 Å². The van der Waals surface area contributed by atoms with Gasteiger partial charge < -0.3 is 9.67 Å². The highest BCUT2D eigenvalue weighted by molar-refractivity contribution is 6.35. The number of aromatic nitrogens is 4. The van der Waals surface area contributed by atoms with Crippen molar-refractivity contribution in [3.05, 3.63) is 105 Å². The monoisotopic (exact) mass is 540 g/mol. The van der Waals surface area contributed by atoms with Crippen molar-refractivity contribution in [3.8, 4) is 0 Å². The molecule has 0 spiro atoms. The number of halogens is 6. The Bertz CT molecular complexity index is 1320. The second kappa shape index (κ2) is 10.1. The van der Waals surface area contributed by atoms with Gasteiger partial charge in [-0.05, 0) is 41.5 Å². The molecule has 4 rings (SSSR count). The van der Waals surface area contributed by atoms with Gasteiger partial charge in [-0.15, -0.1) is 0 Å². The molecule has 11 heteroatoms. The minimum absolute atomic E-state index is 0.0981. The van der Waals surface area contributed by atoms with Crippen LogP contribution in [0.4, 0.5) is 13.2 Å². The van der Waals surface area contributed by atoms with Gasteiger partial charge in [0, 0.05) is 10.6 Å². The summed E-state index contributed by atoms with van der Waals surface area (Å²) in [5.74, 6) is 0. The van der Waals surface area contributed by atoms with E-state index in [9.17, 15) is 18.3 Å². The molecule has 2 aromatic heterocycles. The van der Waals surface area contributed by atoms with Crippen LogP contribution < -0.4 is 0 Å². The predicted octanol–water partition coefficient (Wildman–Crippen LogP) is 6.82. The topological polar surface area (TPSA) is 55.9 Å². The zero-order valence-electron chi connectivity index (χ0n) is 17.9. The van der Waals surface area contributed by atoms with Gasteiger partial charge in [0.15, 0.2) is 0 Å². The maximum absolute atomic E-state index is 13.1. The molecule has 0 saturated carbocycles. The quantitative estimate of drug-likeness (QED) is 0.279. The maximum atomic E-state index is 13.1. The van der Waals surface area contributed by atoms with Crippen LogP contribution in [0.3, 0.4) is 0 Å². The Kier molecular flexibility index (Phi) is 7.28. The Labute approximate surface area is 214 Å². The first kappa shape index (κ1) is 25.3. The fourth-order valence-electron chi connectivity index (χ4n) is 3.58. The highest BCUT2D eigenvalue weighted by atomic mass is 35.5. The summed E-state index contributed by atoms with van der Waals surface area (Å²) in [4.78, 5) is 3.87. The summed E-state index contributed by atoms with van der Waals surface area (Å²) in [5.41, 5.74) is -0.804. The van der Waals surface area contributed by atoms with Crippen molar-refractivity contribution in [3.63, 3.8) is 0 Å². The van der Waals surface area contributed by atoms with E-state index in [-0.39, 0.29) is 29.0 Å². The summed E-state index contributed by atoms with van der Waals surface area (Å²) in [6, 6.07) is 13.1. The highest BCUT2D eigenvalue weighted by Gasteiger charge is 2.35. The third-order valence-corrected chi connectivity index (χ3v) is 6.38. The van der Waals surface area contributed by atoms with Gasteiger partial charge in [0.25, 0.3) is 0 Å². The van der Waals surface area contributed by atoms with Gasteiger partial charge in [-0.2, -0.15) is 18.3 Å². The molecule has 4 aromatic rings. The molecule has 0 fully saturated rings. The SMILES string of the molecule is OC(Cn1cncn1)(Cn1c(Cl)cc(C=Cc2ccc(Cl)cc2)c1Cl)c1ccc(C(F)(F)F)cc1. The fourth-order valence-corrected chi connectivity index (χ4v) is 4.28. The minimum atomic E-state index is -4.50. The Morgan fingerprint density at radius 3 is 2.14 bits per heavy atom. The molecule has 182 valence electrons. The van der Waals surface area contributed by atoms with Gasteiger partial charge in [-0.1, -0.05) is 71.2 Å². The lowest BCUT2D eigenvalue weighted by Gasteiger charge is -2.30. The molecule has 5 nitrogen and oxygen atoms in total. The molecule has 2 aromatic carbocycles. The van der Waals surface area contributed by atoms with Crippen LogP contribution in [0.15, 0.2) is 67.3 Å². The highest BCUT2D eigenvalue weighted by Crippen LogP contribution is 2.35. The molecule has 1 N–H and O–H groups in total. The molecule has 2 heterocycles. The zero-order valence-corrected chi connectivity index (χ0v) is 20.2. The lowest BCUT2D eigenvalue weighted by Crippen LogP contribution is -2.36. The van der Waals surface area contributed by atoms with Crippen LogP contribution in [-0.4, -0.2) is 24.4 Å². The van der Waals surface area contributed by atoms with E-state index in [2.05, 4.69) is 10.1 Å². The second-order valence-corrected chi connectivity index (χ2v) is 9.07. The third-order valence-electron chi connectivity index (χ3n) is 5.39. The first-order valence-electron chi connectivity index (χ1n) is 10.3. The zero-order chi connectivity index (χ0) is 25.2. The minimum Gasteiger partial charge on any atom is -0.381 e. The van der Waals surface area contributed by atoms with Crippen molar-refractivity contribution < 1.29 is 18.3 Å². The van der Waals surface area contributed by atoms with Crippen molar-refractivity contribution in [2.75, 3.05) is 0 Å². The number of benzene rings is 2. The molecule has 0 aliphatic heterocycles. The molecule has 35 heavy (non-hydrogen) atoms.